The zero-order valence-electron chi connectivity index (χ0n) is 18.6. The Labute approximate surface area is 192 Å². The highest BCUT2D eigenvalue weighted by molar-refractivity contribution is 7.98. The van der Waals surface area contributed by atoms with Crippen LogP contribution in [0.4, 0.5) is 4.79 Å². The maximum absolute atomic E-state index is 13.0. The number of aryl methyl sites for hydroxylation is 3. The van der Waals surface area contributed by atoms with Crippen LogP contribution in [0.25, 0.3) is 11.0 Å². The van der Waals surface area contributed by atoms with Crippen molar-refractivity contribution in [2.45, 2.75) is 38.6 Å². The molecule has 164 valence electrons. The molecule has 2 aromatic heterocycles. The number of hydrogen-bond acceptors (Lipinski definition) is 4. The highest BCUT2D eigenvalue weighted by Gasteiger charge is 2.16. The van der Waals surface area contributed by atoms with Crippen LogP contribution in [0.15, 0.2) is 65.8 Å². The number of hydrogen-bond donors (Lipinski definition) is 2. The van der Waals surface area contributed by atoms with Gasteiger partial charge < -0.3 is 9.88 Å². The summed E-state index contributed by atoms with van der Waals surface area (Å²) in [4.78, 5) is 28.1. The van der Waals surface area contributed by atoms with E-state index in [9.17, 15) is 4.79 Å². The van der Waals surface area contributed by atoms with Gasteiger partial charge in [-0.25, -0.2) is 9.78 Å². The van der Waals surface area contributed by atoms with Crippen molar-refractivity contribution in [3.05, 3.63) is 89.0 Å². The molecular weight excluding hydrogens is 418 g/mol. The fourth-order valence-electron chi connectivity index (χ4n) is 3.49. The van der Waals surface area contributed by atoms with Crippen molar-refractivity contribution in [2.24, 2.45) is 0 Å². The van der Waals surface area contributed by atoms with E-state index >= 15 is 0 Å². The van der Waals surface area contributed by atoms with Crippen LogP contribution in [-0.2, 0) is 13.0 Å². The predicted octanol–water partition coefficient (Wildman–Crippen LogP) is 5.34. The average Bonchev–Trinajstić information content (AvgIpc) is 3.17. The topological polar surface area (TPSA) is 73.9 Å². The molecule has 2 amide bonds. The molecule has 0 unspecified atom stereocenters. The minimum Gasteiger partial charge on any atom is -0.342 e. The first-order valence-corrected chi connectivity index (χ1v) is 11.4. The number of carbonyl (C=O) groups excluding carboxylic acids is 1. The molecule has 4 rings (SSSR count). The molecule has 0 radical (unpaired) electrons. The average molecular weight is 446 g/mol. The van der Waals surface area contributed by atoms with Gasteiger partial charge in [-0.05, 0) is 85.3 Å². The van der Waals surface area contributed by atoms with Crippen molar-refractivity contribution in [1.29, 1.82) is 0 Å². The van der Waals surface area contributed by atoms with Gasteiger partial charge in [-0.2, -0.15) is 0 Å². The largest absolute Gasteiger partial charge is 0.342 e. The summed E-state index contributed by atoms with van der Waals surface area (Å²) in [5.74, 6) is 0.875. The molecule has 0 saturated carbocycles. The van der Waals surface area contributed by atoms with Gasteiger partial charge in [0.05, 0.1) is 11.0 Å². The van der Waals surface area contributed by atoms with Gasteiger partial charge in [-0.3, -0.25) is 9.71 Å². The van der Waals surface area contributed by atoms with Gasteiger partial charge >= 0.3 is 6.03 Å². The minimum atomic E-state index is -0.136. The maximum atomic E-state index is 13.0. The number of rotatable bonds is 7. The lowest BCUT2D eigenvalue weighted by Gasteiger charge is -2.22. The summed E-state index contributed by atoms with van der Waals surface area (Å²) in [7, 11) is 0. The summed E-state index contributed by atoms with van der Waals surface area (Å²) >= 11 is 1.33. The molecule has 2 aromatic carbocycles. The Kier molecular flexibility index (Phi) is 6.75. The van der Waals surface area contributed by atoms with Crippen LogP contribution in [0.2, 0.25) is 0 Å². The summed E-state index contributed by atoms with van der Waals surface area (Å²) in [6.07, 6.45) is 4.16. The van der Waals surface area contributed by atoms with Gasteiger partial charge in [0, 0.05) is 36.8 Å². The van der Waals surface area contributed by atoms with Crippen LogP contribution in [0.1, 0.15) is 28.1 Å². The SMILES string of the molecule is Cc1cccc(SNC(=O)N(CCc2nc3cc(C)c(C)cc3[nH]2)Cc2cccnc2)c1. The molecule has 32 heavy (non-hydrogen) atoms. The molecule has 0 aliphatic heterocycles. The number of H-pyrrole nitrogens is 1. The third-order valence-electron chi connectivity index (χ3n) is 5.39. The first-order chi connectivity index (χ1) is 15.5. The first-order valence-electron chi connectivity index (χ1n) is 10.6. The smallest absolute Gasteiger partial charge is 0.327 e. The standard InChI is InChI=1S/C25H27N5OS/c1-17-6-4-8-21(12-17)32-29-25(31)30(16-20-7-5-10-26-15-20)11-9-24-27-22-13-18(2)19(3)14-23(22)28-24/h4-8,10,12-15H,9,11,16H2,1-3H3,(H,27,28)(H,29,31). The molecule has 7 heteroatoms. The molecule has 0 aliphatic rings. The van der Waals surface area contributed by atoms with E-state index in [1.807, 2.05) is 37.3 Å². The van der Waals surface area contributed by atoms with Gasteiger partial charge in [0.2, 0.25) is 0 Å². The molecule has 0 saturated heterocycles. The fourth-order valence-corrected chi connectivity index (χ4v) is 4.22. The summed E-state index contributed by atoms with van der Waals surface area (Å²) in [5.41, 5.74) is 6.59. The first kappa shape index (κ1) is 21.9. The van der Waals surface area contributed by atoms with Crippen molar-refractivity contribution in [1.82, 2.24) is 24.6 Å². The number of fused-ring (bicyclic) bond motifs is 1. The second-order valence-electron chi connectivity index (χ2n) is 8.00. The number of pyridine rings is 1. The van der Waals surface area contributed by atoms with Crippen LogP contribution in [0, 0.1) is 20.8 Å². The number of benzene rings is 2. The van der Waals surface area contributed by atoms with Gasteiger partial charge in [-0.15, -0.1) is 0 Å². The predicted molar refractivity (Wildman–Crippen MR) is 129 cm³/mol. The van der Waals surface area contributed by atoms with Crippen molar-refractivity contribution >= 4 is 29.0 Å². The zero-order chi connectivity index (χ0) is 22.5. The highest BCUT2D eigenvalue weighted by Crippen LogP contribution is 2.19. The van der Waals surface area contributed by atoms with Crippen molar-refractivity contribution in [3.63, 3.8) is 0 Å². The van der Waals surface area contributed by atoms with Crippen LogP contribution in [-0.4, -0.2) is 32.4 Å². The molecule has 0 bridgehead atoms. The van der Waals surface area contributed by atoms with E-state index in [0.717, 1.165) is 32.9 Å². The number of imidazole rings is 1. The molecule has 6 nitrogen and oxygen atoms in total. The Morgan fingerprint density at radius 1 is 1.09 bits per heavy atom. The zero-order valence-corrected chi connectivity index (χ0v) is 19.4. The Bertz CT molecular complexity index is 1180. The number of aromatic amines is 1. The number of nitrogens with one attached hydrogen (secondary N) is 2. The van der Waals surface area contributed by atoms with Crippen LogP contribution >= 0.6 is 11.9 Å². The lowest BCUT2D eigenvalue weighted by molar-refractivity contribution is 0.202. The van der Waals surface area contributed by atoms with Crippen LogP contribution in [0.3, 0.4) is 0 Å². The van der Waals surface area contributed by atoms with Crippen LogP contribution in [0.5, 0.6) is 0 Å². The summed E-state index contributed by atoms with van der Waals surface area (Å²) < 4.78 is 2.98. The van der Waals surface area contributed by atoms with Crippen LogP contribution < -0.4 is 4.72 Å². The number of urea groups is 1. The Balaban J connectivity index is 1.46. The molecule has 2 heterocycles. The molecule has 2 N–H and O–H groups in total. The number of aromatic nitrogens is 3. The van der Waals surface area contributed by atoms with Gasteiger partial charge in [-0.1, -0.05) is 18.2 Å². The van der Waals surface area contributed by atoms with Crippen molar-refractivity contribution < 1.29 is 4.79 Å². The van der Waals surface area contributed by atoms with Crippen molar-refractivity contribution in [3.8, 4) is 0 Å². The number of carbonyl (C=O) groups is 1. The number of nitrogens with zero attached hydrogens (tertiary/aromatic N) is 3. The Morgan fingerprint density at radius 3 is 2.72 bits per heavy atom. The van der Waals surface area contributed by atoms with Crippen molar-refractivity contribution in [2.75, 3.05) is 6.54 Å². The molecule has 0 fully saturated rings. The Morgan fingerprint density at radius 2 is 1.94 bits per heavy atom. The van der Waals surface area contributed by atoms with E-state index in [2.05, 4.69) is 46.7 Å². The second-order valence-corrected chi connectivity index (χ2v) is 8.88. The van der Waals surface area contributed by atoms with E-state index in [0.29, 0.717) is 19.5 Å². The third kappa shape index (κ3) is 5.48. The molecule has 0 spiro atoms. The highest BCUT2D eigenvalue weighted by atomic mass is 32.2. The van der Waals surface area contributed by atoms with Gasteiger partial charge in [0.25, 0.3) is 0 Å². The van der Waals surface area contributed by atoms with E-state index in [4.69, 9.17) is 4.98 Å². The monoisotopic (exact) mass is 445 g/mol. The van der Waals surface area contributed by atoms with E-state index in [1.165, 1.54) is 23.1 Å². The normalized spacial score (nSPS) is 11.0. The molecular formula is C25H27N5OS. The minimum absolute atomic E-state index is 0.136. The van der Waals surface area contributed by atoms with Gasteiger partial charge in [0.15, 0.2) is 0 Å². The molecule has 4 aromatic rings. The Hall–Kier alpha value is -3.32. The van der Waals surface area contributed by atoms with E-state index in [1.54, 1.807) is 17.3 Å². The lowest BCUT2D eigenvalue weighted by Crippen LogP contribution is -2.38. The second kappa shape index (κ2) is 9.87. The van der Waals surface area contributed by atoms with Gasteiger partial charge in [0.1, 0.15) is 5.82 Å². The third-order valence-corrected chi connectivity index (χ3v) is 6.16. The molecule has 0 aliphatic carbocycles. The quantitative estimate of drug-likeness (QED) is 0.376. The number of amides is 2. The lowest BCUT2D eigenvalue weighted by atomic mass is 10.1. The van der Waals surface area contributed by atoms with E-state index in [-0.39, 0.29) is 6.03 Å². The summed E-state index contributed by atoms with van der Waals surface area (Å²) in [6, 6.07) is 16.0. The maximum Gasteiger partial charge on any atom is 0.327 e. The summed E-state index contributed by atoms with van der Waals surface area (Å²) in [6.45, 7) is 7.24. The fraction of sp³-hybridized carbons (Fsp3) is 0.240. The molecule has 0 atom stereocenters. The summed E-state index contributed by atoms with van der Waals surface area (Å²) in [5, 5.41) is 0. The van der Waals surface area contributed by atoms with E-state index < -0.39 is 0 Å².